The van der Waals surface area contributed by atoms with Crippen molar-refractivity contribution >= 4 is 43.2 Å². The summed E-state index contributed by atoms with van der Waals surface area (Å²) in [6.45, 7) is 5.56. The maximum atomic E-state index is 6.94. The summed E-state index contributed by atoms with van der Waals surface area (Å²) in [6, 6.07) is 14.7. The summed E-state index contributed by atoms with van der Waals surface area (Å²) in [5.41, 5.74) is 6.69. The monoisotopic (exact) mass is 350 g/mol. The normalized spacial score (nSPS) is 8.16. The maximum absolute atomic E-state index is 6.94. The Morgan fingerprint density at radius 2 is 1.47 bits per heavy atom. The van der Waals surface area contributed by atoms with Crippen LogP contribution in [0, 0.1) is 7.43 Å². The Labute approximate surface area is 143 Å². The topological polar surface area (TPSA) is 23.8 Å². The number of halogens is 2. The molecule has 2 aromatic rings. The first-order chi connectivity index (χ1) is 7.47. The first-order valence-corrected chi connectivity index (χ1v) is 7.91. The summed E-state index contributed by atoms with van der Waals surface area (Å²) in [5, 5.41) is 2.66. The van der Waals surface area contributed by atoms with Crippen molar-refractivity contribution < 1.29 is 19.2 Å². The van der Waals surface area contributed by atoms with Crippen LogP contribution in [-0.2, 0) is 19.2 Å². The van der Waals surface area contributed by atoms with E-state index < -0.39 is 0 Å². The first-order valence-electron chi connectivity index (χ1n) is 5.07. The van der Waals surface area contributed by atoms with E-state index in [9.17, 15) is 0 Å². The van der Waals surface area contributed by atoms with Gasteiger partial charge in [0.2, 0.25) is 0 Å². The minimum Gasteiger partial charge on any atom is -0.168 e. The van der Waals surface area contributed by atoms with E-state index in [1.54, 1.807) is 19.2 Å². The van der Waals surface area contributed by atoms with E-state index in [1.165, 1.54) is 10.8 Å². The van der Waals surface area contributed by atoms with E-state index in [2.05, 4.69) is 50.1 Å². The molecule has 0 unspecified atom stereocenters. The van der Waals surface area contributed by atoms with Gasteiger partial charge in [0.15, 0.2) is 0 Å². The fourth-order valence-electron chi connectivity index (χ4n) is 1.07. The molecule has 0 atom stereocenters. The van der Waals surface area contributed by atoms with Gasteiger partial charge in [-0.1, -0.05) is 26.8 Å². The molecular weight excluding hydrogens is 329 g/mol. The molecule has 2 aromatic carbocycles. The molecule has 0 heterocycles. The Bertz CT molecular complexity index is 377. The fraction of sp³-hybridized carbons (Fsp3) is 0.286. The summed E-state index contributed by atoms with van der Waals surface area (Å²) in [5.74, 6) is 0. The van der Waals surface area contributed by atoms with Gasteiger partial charge in [0.05, 0.1) is 0 Å². The van der Waals surface area contributed by atoms with Gasteiger partial charge in [-0.15, -0.1) is 60.0 Å². The molecule has 0 aliphatic carbocycles. The van der Waals surface area contributed by atoms with Crippen LogP contribution in [-0.4, -0.2) is 13.2 Å². The average molecular weight is 351 g/mol. The van der Waals surface area contributed by atoms with Crippen LogP contribution < -0.4 is 0 Å². The van der Waals surface area contributed by atoms with Crippen LogP contribution in [0.1, 0.15) is 20.8 Å². The van der Waals surface area contributed by atoms with Crippen LogP contribution >= 0.6 is 24.8 Å². The number of hydrogen-bond donors (Lipinski definition) is 0. The molecule has 108 valence electrons. The van der Waals surface area contributed by atoms with Crippen LogP contribution in [0.4, 0.5) is 0 Å². The Hall–Kier alpha value is 0.301. The molecule has 2 radical (unpaired) electrons. The van der Waals surface area contributed by atoms with Crippen molar-refractivity contribution in [3.8, 4) is 0 Å². The van der Waals surface area contributed by atoms with Gasteiger partial charge in [0.25, 0.3) is 0 Å². The van der Waals surface area contributed by atoms with Gasteiger partial charge in [-0.25, -0.2) is 0 Å². The van der Waals surface area contributed by atoms with Gasteiger partial charge >= 0.3 is 26.8 Å². The van der Waals surface area contributed by atoms with Gasteiger partial charge in [-0.05, 0) is 0 Å². The van der Waals surface area contributed by atoms with E-state index in [-0.39, 0.29) is 37.8 Å². The van der Waals surface area contributed by atoms with Crippen molar-refractivity contribution in [2.45, 2.75) is 26.3 Å². The van der Waals surface area contributed by atoms with Gasteiger partial charge < -0.3 is 13.2 Å². The molecule has 1 nitrogen and oxygen atoms in total. The summed E-state index contributed by atoms with van der Waals surface area (Å²) in [4.78, 5) is 0. The molecule has 0 saturated heterocycles. The van der Waals surface area contributed by atoms with Crippen molar-refractivity contribution in [1.29, 1.82) is 0 Å². The van der Waals surface area contributed by atoms with Crippen LogP contribution in [0.2, 0.25) is 0 Å². The second-order valence-electron chi connectivity index (χ2n) is 4.40. The van der Waals surface area contributed by atoms with Crippen molar-refractivity contribution in [1.82, 2.24) is 0 Å². The number of hydrogen-bond acceptors (Lipinski definition) is 0. The first kappa shape index (κ1) is 27.6. The Morgan fingerprint density at radius 1 is 1.05 bits per heavy atom. The van der Waals surface area contributed by atoms with E-state index in [4.69, 9.17) is 5.73 Å². The van der Waals surface area contributed by atoms with Gasteiger partial charge in [-0.3, -0.25) is 0 Å². The van der Waals surface area contributed by atoms with Crippen molar-refractivity contribution in [2.75, 3.05) is 0 Å². The predicted molar refractivity (Wildman–Crippen MR) is 90.3 cm³/mol. The third kappa shape index (κ3) is 16.2. The molecule has 0 saturated carbocycles. The molecule has 0 aromatic heterocycles. The SMILES string of the molecule is CC(C)(C)[NH-].Cl.Cl.[CH3-].[Si]=[Ti].c1ccc2[cH-]ccc2c1. The minimum atomic E-state index is -0.250. The van der Waals surface area contributed by atoms with Crippen molar-refractivity contribution in [3.63, 3.8) is 0 Å². The van der Waals surface area contributed by atoms with Crippen molar-refractivity contribution in [2.24, 2.45) is 0 Å². The molecule has 0 aliphatic heterocycles. The van der Waals surface area contributed by atoms with Gasteiger partial charge in [0.1, 0.15) is 0 Å². The van der Waals surface area contributed by atoms with Crippen molar-refractivity contribution in [3.05, 3.63) is 55.6 Å². The smallest absolute Gasteiger partial charge is 0.0809 e. The maximum Gasteiger partial charge on any atom is -0.0809 e. The molecule has 2 rings (SSSR count). The predicted octanol–water partition coefficient (Wildman–Crippen LogP) is 5.31. The molecule has 0 amide bonds. The van der Waals surface area contributed by atoms with Crippen LogP contribution in [0.5, 0.6) is 0 Å². The van der Waals surface area contributed by atoms with Crippen LogP contribution in [0.25, 0.3) is 16.5 Å². The van der Waals surface area contributed by atoms with E-state index in [1.807, 2.05) is 20.8 Å². The molecule has 5 heteroatoms. The molecule has 0 bridgehead atoms. The number of rotatable bonds is 0. The summed E-state index contributed by atoms with van der Waals surface area (Å²) >= 11 is 1.81. The van der Waals surface area contributed by atoms with E-state index in [0.717, 1.165) is 0 Å². The molecule has 0 fully saturated rings. The Kier molecular flexibility index (Phi) is 21.4. The van der Waals surface area contributed by atoms with E-state index in [0.29, 0.717) is 0 Å². The molecule has 19 heavy (non-hydrogen) atoms. The zero-order valence-electron chi connectivity index (χ0n) is 11.9. The van der Waals surface area contributed by atoms with E-state index >= 15 is 0 Å². The number of benzene rings is 1. The minimum absolute atomic E-state index is 0. The van der Waals surface area contributed by atoms with Gasteiger partial charge in [-0.2, -0.15) is 17.5 Å². The second-order valence-corrected chi connectivity index (χ2v) is 4.40. The molecule has 0 aliphatic rings. The quantitative estimate of drug-likeness (QED) is 0.454. The zero-order valence-corrected chi connectivity index (χ0v) is 16.1. The molecular formula is C14H22Cl2NSiTi-3. The third-order valence-corrected chi connectivity index (χ3v) is 1.55. The van der Waals surface area contributed by atoms with Crippen LogP contribution in [0.3, 0.4) is 0 Å². The molecule has 1 N–H and O–H groups in total. The number of nitrogens with one attached hydrogen (secondary N) is 1. The molecule has 0 spiro atoms. The zero-order chi connectivity index (χ0) is 12.6. The van der Waals surface area contributed by atoms with Gasteiger partial charge in [0, 0.05) is 0 Å². The van der Waals surface area contributed by atoms with Crippen LogP contribution in [0.15, 0.2) is 42.5 Å². The Balaban J connectivity index is -0.000000101. The second kappa shape index (κ2) is 14.7. The summed E-state index contributed by atoms with van der Waals surface area (Å²) in [7, 11) is 2.97. The Morgan fingerprint density at radius 3 is 1.89 bits per heavy atom. The third-order valence-electron chi connectivity index (χ3n) is 1.55. The largest absolute Gasteiger partial charge is 0.168 e. The number of fused-ring (bicyclic) bond motifs is 1. The standard InChI is InChI=1S/C9H7.C4H10N.CH3.2ClH.Si.Ti/c1-2-5-9-7-3-6-8(9)4-1;1-4(2,3)5;;;;;/h1-7H;5H,1-3H3;1H3;2*1H;;/q3*-1;;;;. The summed E-state index contributed by atoms with van der Waals surface area (Å²) < 4.78 is 0. The summed E-state index contributed by atoms with van der Waals surface area (Å²) in [6.07, 6.45) is 0. The average Bonchev–Trinajstić information content (AvgIpc) is 2.66. The fourth-order valence-corrected chi connectivity index (χ4v) is 1.07.